The molecule has 3 nitrogen and oxygen atoms in total. The molecular weight excluding hydrogens is 212 g/mol. The minimum absolute atomic E-state index is 0.00792. The Bertz CT molecular complexity index is 428. The number of nitrogens with two attached hydrogens (primary N) is 1. The Hall–Kier alpha value is -1.51. The van der Waals surface area contributed by atoms with Crippen molar-refractivity contribution in [3.05, 3.63) is 29.3 Å². The molecule has 92 valence electrons. The van der Waals surface area contributed by atoms with Crippen molar-refractivity contribution in [3.63, 3.8) is 0 Å². The van der Waals surface area contributed by atoms with Crippen LogP contribution in [0.3, 0.4) is 0 Å². The average Bonchev–Trinajstić information content (AvgIpc) is 2.68. The molecule has 1 aromatic rings. The van der Waals surface area contributed by atoms with Gasteiger partial charge in [0.2, 0.25) is 0 Å². The number of hydrogen-bond acceptors (Lipinski definition) is 2. The van der Waals surface area contributed by atoms with Gasteiger partial charge in [-0.1, -0.05) is 19.4 Å². The van der Waals surface area contributed by atoms with Crippen LogP contribution < -0.4 is 11.1 Å². The van der Waals surface area contributed by atoms with E-state index in [2.05, 4.69) is 12.2 Å². The van der Waals surface area contributed by atoms with Crippen molar-refractivity contribution < 1.29 is 4.79 Å². The van der Waals surface area contributed by atoms with Gasteiger partial charge >= 0.3 is 0 Å². The van der Waals surface area contributed by atoms with Gasteiger partial charge in [-0.25, -0.2) is 0 Å². The second-order valence-electron chi connectivity index (χ2n) is 5.01. The summed E-state index contributed by atoms with van der Waals surface area (Å²) in [7, 11) is 0. The number of amides is 1. The predicted octanol–water partition coefficient (Wildman–Crippen LogP) is 2.50. The third-order valence-electron chi connectivity index (χ3n) is 3.80. The highest BCUT2D eigenvalue weighted by Gasteiger charge is 2.25. The third-order valence-corrected chi connectivity index (χ3v) is 3.80. The van der Waals surface area contributed by atoms with Crippen LogP contribution in [0, 0.1) is 12.8 Å². The van der Waals surface area contributed by atoms with Crippen molar-refractivity contribution in [2.24, 2.45) is 5.92 Å². The fourth-order valence-corrected chi connectivity index (χ4v) is 2.51. The van der Waals surface area contributed by atoms with E-state index in [0.717, 1.165) is 12.0 Å². The number of rotatable bonds is 2. The molecule has 0 spiro atoms. The maximum atomic E-state index is 12.2. The van der Waals surface area contributed by atoms with Gasteiger partial charge in [0.25, 0.3) is 5.91 Å². The fraction of sp³-hybridized carbons (Fsp3) is 0.500. The van der Waals surface area contributed by atoms with E-state index >= 15 is 0 Å². The molecule has 0 radical (unpaired) electrons. The lowest BCUT2D eigenvalue weighted by molar-refractivity contribution is 0.0929. The summed E-state index contributed by atoms with van der Waals surface area (Å²) < 4.78 is 0. The van der Waals surface area contributed by atoms with Crippen molar-refractivity contribution in [1.82, 2.24) is 5.32 Å². The summed E-state index contributed by atoms with van der Waals surface area (Å²) in [6, 6.07) is 5.81. The molecule has 1 saturated carbocycles. The second kappa shape index (κ2) is 4.78. The minimum atomic E-state index is 0.00792. The van der Waals surface area contributed by atoms with E-state index in [4.69, 9.17) is 5.73 Å². The molecule has 3 N–H and O–H groups in total. The molecule has 0 heterocycles. The van der Waals surface area contributed by atoms with E-state index in [0.29, 0.717) is 23.2 Å². The highest BCUT2D eigenvalue weighted by molar-refractivity contribution is 5.97. The van der Waals surface area contributed by atoms with Gasteiger partial charge in [0.15, 0.2) is 0 Å². The summed E-state index contributed by atoms with van der Waals surface area (Å²) in [6.45, 7) is 4.09. The fourth-order valence-electron chi connectivity index (χ4n) is 2.51. The molecule has 0 bridgehead atoms. The van der Waals surface area contributed by atoms with Gasteiger partial charge < -0.3 is 11.1 Å². The molecule has 1 fully saturated rings. The summed E-state index contributed by atoms with van der Waals surface area (Å²) in [6.07, 6.45) is 3.51. The maximum Gasteiger partial charge on any atom is 0.251 e. The molecule has 0 saturated heterocycles. The van der Waals surface area contributed by atoms with Gasteiger partial charge in [0.1, 0.15) is 0 Å². The number of nitrogen functional groups attached to an aromatic ring is 1. The van der Waals surface area contributed by atoms with Gasteiger partial charge in [0.05, 0.1) is 0 Å². The van der Waals surface area contributed by atoms with Crippen molar-refractivity contribution in [2.75, 3.05) is 5.73 Å². The van der Waals surface area contributed by atoms with Crippen molar-refractivity contribution in [1.29, 1.82) is 0 Å². The molecule has 2 unspecified atom stereocenters. The van der Waals surface area contributed by atoms with Gasteiger partial charge in [-0.05, 0) is 43.4 Å². The van der Waals surface area contributed by atoms with Crippen LogP contribution in [-0.4, -0.2) is 11.9 Å². The summed E-state index contributed by atoms with van der Waals surface area (Å²) in [5.41, 5.74) is 8.06. The Kier molecular flexibility index (Phi) is 3.36. The molecule has 1 aliphatic carbocycles. The lowest BCUT2D eigenvalue weighted by Gasteiger charge is -2.18. The molecule has 17 heavy (non-hydrogen) atoms. The van der Waals surface area contributed by atoms with E-state index in [9.17, 15) is 4.79 Å². The Balaban J connectivity index is 2.12. The molecule has 1 aromatic carbocycles. The largest absolute Gasteiger partial charge is 0.398 e. The van der Waals surface area contributed by atoms with E-state index in [1.807, 2.05) is 25.1 Å². The lowest BCUT2D eigenvalue weighted by Crippen LogP contribution is -2.36. The van der Waals surface area contributed by atoms with Gasteiger partial charge in [-0.2, -0.15) is 0 Å². The van der Waals surface area contributed by atoms with Crippen LogP contribution >= 0.6 is 0 Å². The topological polar surface area (TPSA) is 55.1 Å². The molecule has 3 heteroatoms. The third kappa shape index (κ3) is 2.43. The molecule has 1 aliphatic rings. The van der Waals surface area contributed by atoms with Crippen LogP contribution in [-0.2, 0) is 0 Å². The first kappa shape index (κ1) is 12.0. The summed E-state index contributed by atoms with van der Waals surface area (Å²) in [5.74, 6) is 0.592. The van der Waals surface area contributed by atoms with Crippen LogP contribution in [0.5, 0.6) is 0 Å². The first-order chi connectivity index (χ1) is 8.09. The molecule has 1 amide bonds. The first-order valence-corrected chi connectivity index (χ1v) is 6.25. The van der Waals surface area contributed by atoms with Crippen molar-refractivity contribution >= 4 is 11.6 Å². The molecule has 0 aliphatic heterocycles. The standard InChI is InChI=1S/C14H20N2O/c1-9-5-3-8-13(9)16-14(17)11-6-4-7-12(15)10(11)2/h4,6-7,9,13H,3,5,8,15H2,1-2H3,(H,16,17). The predicted molar refractivity (Wildman–Crippen MR) is 69.9 cm³/mol. The molecule has 2 atom stereocenters. The zero-order chi connectivity index (χ0) is 12.4. The number of benzene rings is 1. The smallest absolute Gasteiger partial charge is 0.251 e. The van der Waals surface area contributed by atoms with Crippen LogP contribution in [0.4, 0.5) is 5.69 Å². The Morgan fingerprint density at radius 3 is 2.82 bits per heavy atom. The zero-order valence-corrected chi connectivity index (χ0v) is 10.5. The molecule has 0 aromatic heterocycles. The number of nitrogens with one attached hydrogen (secondary N) is 1. The summed E-state index contributed by atoms with van der Waals surface area (Å²) >= 11 is 0. The van der Waals surface area contributed by atoms with Crippen molar-refractivity contribution in [3.8, 4) is 0 Å². The van der Waals surface area contributed by atoms with Crippen LogP contribution in [0.25, 0.3) is 0 Å². The average molecular weight is 232 g/mol. The number of anilines is 1. The highest BCUT2D eigenvalue weighted by atomic mass is 16.1. The Morgan fingerprint density at radius 1 is 1.41 bits per heavy atom. The first-order valence-electron chi connectivity index (χ1n) is 6.25. The summed E-state index contributed by atoms with van der Waals surface area (Å²) in [5, 5.41) is 3.12. The van der Waals surface area contributed by atoms with Crippen LogP contribution in [0.1, 0.15) is 42.1 Å². The zero-order valence-electron chi connectivity index (χ0n) is 10.5. The minimum Gasteiger partial charge on any atom is -0.398 e. The maximum absolute atomic E-state index is 12.2. The quantitative estimate of drug-likeness (QED) is 0.770. The number of hydrogen-bond donors (Lipinski definition) is 2. The number of carbonyl (C=O) groups excluding carboxylic acids is 1. The highest BCUT2D eigenvalue weighted by Crippen LogP contribution is 2.25. The van der Waals surface area contributed by atoms with E-state index in [1.54, 1.807) is 0 Å². The van der Waals surface area contributed by atoms with Gasteiger partial charge in [-0.3, -0.25) is 4.79 Å². The SMILES string of the molecule is Cc1c(N)cccc1C(=O)NC1CCCC1C. The van der Waals surface area contributed by atoms with Crippen molar-refractivity contribution in [2.45, 2.75) is 39.2 Å². The number of carbonyl (C=O) groups is 1. The summed E-state index contributed by atoms with van der Waals surface area (Å²) in [4.78, 5) is 12.2. The molecular formula is C14H20N2O. The lowest BCUT2D eigenvalue weighted by atomic mass is 10.0. The second-order valence-corrected chi connectivity index (χ2v) is 5.01. The molecule has 2 rings (SSSR count). The van der Waals surface area contributed by atoms with Crippen LogP contribution in [0.2, 0.25) is 0 Å². The van der Waals surface area contributed by atoms with Gasteiger partial charge in [0, 0.05) is 17.3 Å². The van der Waals surface area contributed by atoms with E-state index < -0.39 is 0 Å². The monoisotopic (exact) mass is 232 g/mol. The van der Waals surface area contributed by atoms with Gasteiger partial charge in [-0.15, -0.1) is 0 Å². The van der Waals surface area contributed by atoms with E-state index in [-0.39, 0.29) is 5.91 Å². The Labute approximate surface area is 102 Å². The van der Waals surface area contributed by atoms with E-state index in [1.165, 1.54) is 12.8 Å². The normalized spacial score (nSPS) is 23.6. The Morgan fingerprint density at radius 2 is 2.18 bits per heavy atom. The van der Waals surface area contributed by atoms with Crippen LogP contribution in [0.15, 0.2) is 18.2 Å².